The maximum Gasteiger partial charge on any atom is 0.142 e. The molecule has 1 fully saturated rings. The number of nitrogens with one attached hydrogen (secondary N) is 1. The van der Waals surface area contributed by atoms with Crippen LogP contribution in [0.25, 0.3) is 0 Å². The molecule has 2 heterocycles. The van der Waals surface area contributed by atoms with E-state index in [-0.39, 0.29) is 0 Å². The lowest BCUT2D eigenvalue weighted by atomic mass is 10.2. The Labute approximate surface area is 149 Å². The zero-order chi connectivity index (χ0) is 16.8. The summed E-state index contributed by atoms with van der Waals surface area (Å²) in [6.45, 7) is 9.68. The molecule has 1 aliphatic heterocycles. The van der Waals surface area contributed by atoms with Gasteiger partial charge in [0, 0.05) is 50.7 Å². The Kier molecular flexibility index (Phi) is 6.12. The molecule has 4 nitrogen and oxygen atoms in total. The lowest BCUT2D eigenvalue weighted by Crippen LogP contribution is -2.48. The molecule has 130 valence electrons. The Balaban J connectivity index is 1.40. The van der Waals surface area contributed by atoms with Gasteiger partial charge in [-0.2, -0.15) is 0 Å². The highest BCUT2D eigenvalue weighted by Crippen LogP contribution is 2.28. The molecule has 24 heavy (non-hydrogen) atoms. The number of rotatable bonds is 7. The summed E-state index contributed by atoms with van der Waals surface area (Å²) in [5.74, 6) is 0.971. The lowest BCUT2D eigenvalue weighted by molar-refractivity contribution is 0.257. The molecule has 2 aromatic rings. The third kappa shape index (κ3) is 4.29. The summed E-state index contributed by atoms with van der Waals surface area (Å²) >= 11 is 1.84. The van der Waals surface area contributed by atoms with E-state index in [0.29, 0.717) is 0 Å². The molecule has 0 atom stereocenters. The van der Waals surface area contributed by atoms with Crippen molar-refractivity contribution in [2.75, 3.05) is 51.3 Å². The fourth-order valence-electron chi connectivity index (χ4n) is 3.13. The quantitative estimate of drug-likeness (QED) is 0.781. The summed E-state index contributed by atoms with van der Waals surface area (Å²) in [5, 5.41) is 5.74. The number of anilines is 1. The molecule has 1 N–H and O–H groups in total. The monoisotopic (exact) mass is 345 g/mol. The fraction of sp³-hybridized carbons (Fsp3) is 0.474. The predicted octanol–water partition coefficient (Wildman–Crippen LogP) is 2.98. The molecule has 0 unspecified atom stereocenters. The molecule has 1 aromatic heterocycles. The Bertz CT molecular complexity index is 635. The zero-order valence-electron chi connectivity index (χ0n) is 14.6. The molecule has 0 saturated carbocycles. The first-order chi connectivity index (χ1) is 11.8. The van der Waals surface area contributed by atoms with Crippen LogP contribution < -0.4 is 15.0 Å². The van der Waals surface area contributed by atoms with E-state index >= 15 is 0 Å². The van der Waals surface area contributed by atoms with Crippen molar-refractivity contribution in [3.05, 3.63) is 46.2 Å². The van der Waals surface area contributed by atoms with Gasteiger partial charge in [-0.3, -0.25) is 4.90 Å². The second-order valence-electron chi connectivity index (χ2n) is 6.20. The molecule has 0 bridgehead atoms. The third-order valence-electron chi connectivity index (χ3n) is 4.66. The van der Waals surface area contributed by atoms with Gasteiger partial charge in [0.15, 0.2) is 0 Å². The molecule has 1 saturated heterocycles. The highest BCUT2D eigenvalue weighted by molar-refractivity contribution is 7.10. The van der Waals surface area contributed by atoms with Crippen LogP contribution in [0.3, 0.4) is 0 Å². The van der Waals surface area contributed by atoms with Crippen LogP contribution in [-0.2, 0) is 6.54 Å². The number of thiophene rings is 1. The van der Waals surface area contributed by atoms with Crippen molar-refractivity contribution < 1.29 is 4.74 Å². The number of para-hydroxylation sites is 2. The molecule has 3 rings (SSSR count). The van der Waals surface area contributed by atoms with Crippen LogP contribution in [0.5, 0.6) is 5.75 Å². The maximum atomic E-state index is 5.49. The van der Waals surface area contributed by atoms with Gasteiger partial charge in [0.1, 0.15) is 5.75 Å². The van der Waals surface area contributed by atoms with Crippen molar-refractivity contribution in [3.8, 4) is 5.75 Å². The first kappa shape index (κ1) is 17.3. The van der Waals surface area contributed by atoms with Crippen LogP contribution in [0.15, 0.2) is 35.7 Å². The van der Waals surface area contributed by atoms with Crippen LogP contribution in [0.4, 0.5) is 5.69 Å². The van der Waals surface area contributed by atoms with Gasteiger partial charge in [0.25, 0.3) is 0 Å². The van der Waals surface area contributed by atoms with E-state index in [4.69, 9.17) is 4.74 Å². The first-order valence-electron chi connectivity index (χ1n) is 8.62. The number of piperazine rings is 1. The van der Waals surface area contributed by atoms with Crippen molar-refractivity contribution in [2.45, 2.75) is 13.5 Å². The van der Waals surface area contributed by atoms with E-state index in [1.165, 1.54) is 16.1 Å². The maximum absolute atomic E-state index is 5.49. The van der Waals surface area contributed by atoms with E-state index in [9.17, 15) is 0 Å². The number of aryl methyl sites for hydroxylation is 1. The summed E-state index contributed by atoms with van der Waals surface area (Å²) in [5.41, 5.74) is 2.61. The highest BCUT2D eigenvalue weighted by Gasteiger charge is 2.18. The fourth-order valence-corrected chi connectivity index (χ4v) is 4.00. The molecular formula is C19H27N3OS. The number of nitrogens with zero attached hydrogens (tertiary/aromatic N) is 2. The zero-order valence-corrected chi connectivity index (χ0v) is 15.4. The van der Waals surface area contributed by atoms with Gasteiger partial charge >= 0.3 is 0 Å². The van der Waals surface area contributed by atoms with E-state index in [1.54, 1.807) is 7.11 Å². The average Bonchev–Trinajstić information content (AvgIpc) is 3.04. The first-order valence-corrected chi connectivity index (χ1v) is 9.50. The van der Waals surface area contributed by atoms with Gasteiger partial charge < -0.3 is 15.0 Å². The second-order valence-corrected chi connectivity index (χ2v) is 7.20. The number of hydrogen-bond acceptors (Lipinski definition) is 5. The summed E-state index contributed by atoms with van der Waals surface area (Å²) in [7, 11) is 1.75. The van der Waals surface area contributed by atoms with Crippen molar-refractivity contribution >= 4 is 17.0 Å². The predicted molar refractivity (Wildman–Crippen MR) is 102 cm³/mol. The summed E-state index contributed by atoms with van der Waals surface area (Å²) < 4.78 is 5.49. The summed E-state index contributed by atoms with van der Waals surface area (Å²) in [4.78, 5) is 6.42. The molecule has 0 radical (unpaired) electrons. The van der Waals surface area contributed by atoms with E-state index in [1.807, 2.05) is 23.5 Å². The Morgan fingerprint density at radius 3 is 2.62 bits per heavy atom. The van der Waals surface area contributed by atoms with Gasteiger partial charge in [0.2, 0.25) is 0 Å². The van der Waals surface area contributed by atoms with Gasteiger partial charge in [-0.1, -0.05) is 12.1 Å². The summed E-state index contributed by atoms with van der Waals surface area (Å²) in [6, 6.07) is 10.5. The van der Waals surface area contributed by atoms with Crippen LogP contribution in [0.2, 0.25) is 0 Å². The van der Waals surface area contributed by atoms with Gasteiger partial charge in [-0.05, 0) is 36.1 Å². The SMILES string of the molecule is COc1ccccc1N1CCN(CCNCc2sccc2C)CC1. The van der Waals surface area contributed by atoms with E-state index < -0.39 is 0 Å². The van der Waals surface area contributed by atoms with Crippen molar-refractivity contribution in [1.82, 2.24) is 10.2 Å². The number of benzene rings is 1. The van der Waals surface area contributed by atoms with Crippen molar-refractivity contribution in [2.24, 2.45) is 0 Å². The van der Waals surface area contributed by atoms with Crippen molar-refractivity contribution in [1.29, 1.82) is 0 Å². The number of hydrogen-bond donors (Lipinski definition) is 1. The smallest absolute Gasteiger partial charge is 0.142 e. The molecule has 0 amide bonds. The number of methoxy groups -OCH3 is 1. The van der Waals surface area contributed by atoms with Gasteiger partial charge in [0.05, 0.1) is 12.8 Å². The molecular weight excluding hydrogens is 318 g/mol. The minimum atomic E-state index is 0.971. The highest BCUT2D eigenvalue weighted by atomic mass is 32.1. The Hall–Kier alpha value is -1.56. The Morgan fingerprint density at radius 1 is 1.12 bits per heavy atom. The topological polar surface area (TPSA) is 27.7 Å². The third-order valence-corrected chi connectivity index (χ3v) is 5.68. The minimum absolute atomic E-state index is 0.971. The molecule has 1 aromatic carbocycles. The molecule has 0 spiro atoms. The van der Waals surface area contributed by atoms with Gasteiger partial charge in [-0.15, -0.1) is 11.3 Å². The molecule has 5 heteroatoms. The molecule has 1 aliphatic rings. The van der Waals surface area contributed by atoms with Crippen LogP contribution >= 0.6 is 11.3 Å². The number of ether oxygens (including phenoxy) is 1. The van der Waals surface area contributed by atoms with Crippen LogP contribution in [0.1, 0.15) is 10.4 Å². The van der Waals surface area contributed by atoms with E-state index in [0.717, 1.165) is 51.6 Å². The molecule has 0 aliphatic carbocycles. The lowest BCUT2D eigenvalue weighted by Gasteiger charge is -2.36. The standard InChI is InChI=1S/C19H27N3OS/c1-16-7-14-24-19(16)15-20-8-9-21-10-12-22(13-11-21)17-5-3-4-6-18(17)23-2/h3-7,14,20H,8-13,15H2,1-2H3. The van der Waals surface area contributed by atoms with E-state index in [2.05, 4.69) is 45.6 Å². The normalized spacial score (nSPS) is 15.7. The van der Waals surface area contributed by atoms with Crippen molar-refractivity contribution in [3.63, 3.8) is 0 Å². The second kappa shape index (κ2) is 8.51. The average molecular weight is 346 g/mol. The summed E-state index contributed by atoms with van der Waals surface area (Å²) in [6.07, 6.45) is 0. The largest absolute Gasteiger partial charge is 0.495 e. The van der Waals surface area contributed by atoms with Crippen LogP contribution in [-0.4, -0.2) is 51.3 Å². The van der Waals surface area contributed by atoms with Crippen LogP contribution in [0, 0.1) is 6.92 Å². The minimum Gasteiger partial charge on any atom is -0.495 e. The van der Waals surface area contributed by atoms with Gasteiger partial charge in [-0.25, -0.2) is 0 Å². The Morgan fingerprint density at radius 2 is 1.92 bits per heavy atom.